The van der Waals surface area contributed by atoms with Crippen LogP contribution in [-0.2, 0) is 4.79 Å². The third kappa shape index (κ3) is 3.51. The van der Waals surface area contributed by atoms with E-state index in [1.54, 1.807) is 18.2 Å². The number of piperidine rings is 1. The molecule has 1 aliphatic heterocycles. The smallest absolute Gasteiger partial charge is 0.335 e. The molecule has 4 fully saturated rings. The summed E-state index contributed by atoms with van der Waals surface area (Å²) < 4.78 is 0. The lowest BCUT2D eigenvalue weighted by molar-refractivity contribution is -0.128. The normalized spacial score (nSPS) is 29.1. The fourth-order valence-electron chi connectivity index (χ4n) is 5.82. The second-order valence-corrected chi connectivity index (χ2v) is 9.56. The largest absolute Gasteiger partial charge is 0.478 e. The number of rotatable bonds is 5. The number of carbonyl (C=O) groups is 2. The van der Waals surface area contributed by atoms with Gasteiger partial charge < -0.3 is 15.3 Å². The number of carboxylic acids is 1. The Bertz CT molecular complexity index is 750. The van der Waals surface area contributed by atoms with E-state index in [0.717, 1.165) is 50.0 Å². The van der Waals surface area contributed by atoms with Crippen LogP contribution in [0.2, 0.25) is 0 Å². The summed E-state index contributed by atoms with van der Waals surface area (Å²) in [6, 6.07) is 7.07. The average molecular weight is 385 g/mol. The number of benzene rings is 1. The second kappa shape index (κ2) is 7.41. The first-order valence-electron chi connectivity index (χ1n) is 10.7. The van der Waals surface area contributed by atoms with Crippen molar-refractivity contribution in [2.45, 2.75) is 46.0 Å². The van der Waals surface area contributed by atoms with Crippen LogP contribution >= 0.6 is 0 Å². The van der Waals surface area contributed by atoms with Crippen molar-refractivity contribution in [3.8, 4) is 0 Å². The minimum Gasteiger partial charge on any atom is -0.478 e. The number of carbonyl (C=O) groups excluding carboxylic acids is 1. The monoisotopic (exact) mass is 384 g/mol. The van der Waals surface area contributed by atoms with Gasteiger partial charge in [0.25, 0.3) is 0 Å². The zero-order chi connectivity index (χ0) is 19.9. The van der Waals surface area contributed by atoms with Gasteiger partial charge in [-0.3, -0.25) is 4.79 Å². The molecule has 0 aromatic heterocycles. The molecule has 2 bridgehead atoms. The molecule has 0 radical (unpaired) electrons. The fraction of sp³-hybridized carbons (Fsp3) is 0.652. The molecule has 3 atom stereocenters. The van der Waals surface area contributed by atoms with Crippen molar-refractivity contribution in [2.75, 3.05) is 24.5 Å². The average Bonchev–Trinajstić information content (AvgIpc) is 2.72. The van der Waals surface area contributed by atoms with Gasteiger partial charge >= 0.3 is 5.97 Å². The van der Waals surface area contributed by atoms with Crippen LogP contribution in [0.5, 0.6) is 0 Å². The van der Waals surface area contributed by atoms with Gasteiger partial charge in [-0.05, 0) is 73.5 Å². The van der Waals surface area contributed by atoms with Crippen molar-refractivity contribution < 1.29 is 14.7 Å². The van der Waals surface area contributed by atoms with Crippen LogP contribution < -0.4 is 10.2 Å². The molecule has 1 amide bonds. The van der Waals surface area contributed by atoms with E-state index in [2.05, 4.69) is 24.1 Å². The van der Waals surface area contributed by atoms with Crippen molar-refractivity contribution >= 4 is 17.6 Å². The summed E-state index contributed by atoms with van der Waals surface area (Å²) in [4.78, 5) is 26.1. The highest BCUT2D eigenvalue weighted by Gasteiger charge is 2.53. The molecule has 5 nitrogen and oxygen atoms in total. The van der Waals surface area contributed by atoms with Gasteiger partial charge in [-0.15, -0.1) is 0 Å². The Kier molecular flexibility index (Phi) is 5.11. The van der Waals surface area contributed by atoms with Gasteiger partial charge in [0.05, 0.1) is 5.56 Å². The first-order valence-corrected chi connectivity index (χ1v) is 10.7. The molecule has 152 valence electrons. The molecule has 5 heteroatoms. The van der Waals surface area contributed by atoms with E-state index in [0.29, 0.717) is 16.9 Å². The van der Waals surface area contributed by atoms with E-state index in [1.807, 2.05) is 6.07 Å². The van der Waals surface area contributed by atoms with Gasteiger partial charge in [-0.2, -0.15) is 0 Å². The summed E-state index contributed by atoms with van der Waals surface area (Å²) in [5.74, 6) is 1.69. The Balaban J connectivity index is 1.26. The summed E-state index contributed by atoms with van der Waals surface area (Å²) in [7, 11) is 0. The number of aromatic carboxylic acids is 1. The number of fused-ring (bicyclic) bond motifs is 2. The topological polar surface area (TPSA) is 69.6 Å². The Morgan fingerprint density at radius 2 is 1.93 bits per heavy atom. The maximum absolute atomic E-state index is 12.7. The predicted molar refractivity (Wildman–Crippen MR) is 109 cm³/mol. The van der Waals surface area contributed by atoms with Crippen molar-refractivity contribution in [1.29, 1.82) is 0 Å². The lowest BCUT2D eigenvalue weighted by Gasteiger charge is -2.60. The molecule has 3 aliphatic carbocycles. The van der Waals surface area contributed by atoms with Crippen LogP contribution in [0, 0.1) is 29.1 Å². The van der Waals surface area contributed by atoms with Gasteiger partial charge in [-0.1, -0.05) is 19.9 Å². The van der Waals surface area contributed by atoms with Crippen LogP contribution in [0.15, 0.2) is 24.3 Å². The number of nitrogens with one attached hydrogen (secondary N) is 1. The Morgan fingerprint density at radius 3 is 2.57 bits per heavy atom. The van der Waals surface area contributed by atoms with Crippen molar-refractivity contribution in [1.82, 2.24) is 5.32 Å². The molecule has 3 saturated carbocycles. The number of anilines is 1. The van der Waals surface area contributed by atoms with E-state index in [1.165, 1.54) is 19.3 Å². The van der Waals surface area contributed by atoms with Gasteiger partial charge in [0.2, 0.25) is 5.91 Å². The molecule has 2 N–H and O–H groups in total. The van der Waals surface area contributed by atoms with Crippen molar-refractivity contribution in [3.63, 3.8) is 0 Å². The highest BCUT2D eigenvalue weighted by atomic mass is 16.4. The lowest BCUT2D eigenvalue weighted by atomic mass is 9.45. The molecular formula is C23H32N2O3. The van der Waals surface area contributed by atoms with E-state index < -0.39 is 5.97 Å². The van der Waals surface area contributed by atoms with Gasteiger partial charge in [0, 0.05) is 31.2 Å². The minimum atomic E-state index is -0.903. The molecule has 4 aliphatic rings. The summed E-state index contributed by atoms with van der Waals surface area (Å²) in [5.41, 5.74) is 1.71. The zero-order valence-corrected chi connectivity index (χ0v) is 17.0. The van der Waals surface area contributed by atoms with Gasteiger partial charge in [-0.25, -0.2) is 4.79 Å². The second-order valence-electron chi connectivity index (χ2n) is 9.56. The van der Waals surface area contributed by atoms with E-state index in [4.69, 9.17) is 0 Å². The molecule has 28 heavy (non-hydrogen) atoms. The maximum atomic E-state index is 12.7. The SMILES string of the molecule is CC1(C)[C@H]2CC[C@@H](CNC(=O)C3CCN(c4cccc(C(=O)O)c4)CC3)[C@H]1C2. The molecule has 1 aromatic carbocycles. The Morgan fingerprint density at radius 1 is 1.18 bits per heavy atom. The quantitative estimate of drug-likeness (QED) is 0.810. The summed E-state index contributed by atoms with van der Waals surface area (Å²) >= 11 is 0. The van der Waals surface area contributed by atoms with E-state index >= 15 is 0 Å². The van der Waals surface area contributed by atoms with Gasteiger partial charge in [0.15, 0.2) is 0 Å². The number of nitrogens with zero attached hydrogens (tertiary/aromatic N) is 1. The molecule has 1 heterocycles. The standard InChI is InChI=1S/C23H32N2O3/c1-23(2)18-7-6-17(20(23)13-18)14-24-21(26)15-8-10-25(11-9-15)19-5-3-4-16(12-19)22(27)28/h3-5,12,15,17-18,20H,6-11,13-14H2,1-2H3,(H,24,26)(H,27,28)/t17-,18-,20+/m0/s1. The number of carboxylic acid groups (broad SMARTS) is 1. The molecular weight excluding hydrogens is 352 g/mol. The summed E-state index contributed by atoms with van der Waals surface area (Å²) in [6.45, 7) is 7.22. The summed E-state index contributed by atoms with van der Waals surface area (Å²) in [5, 5.41) is 12.4. The maximum Gasteiger partial charge on any atom is 0.335 e. The minimum absolute atomic E-state index is 0.0737. The third-order valence-electron chi connectivity index (χ3n) is 7.86. The Labute approximate surface area is 167 Å². The third-order valence-corrected chi connectivity index (χ3v) is 7.86. The fourth-order valence-corrected chi connectivity index (χ4v) is 5.82. The van der Waals surface area contributed by atoms with Crippen molar-refractivity contribution in [2.24, 2.45) is 29.1 Å². The number of amides is 1. The van der Waals surface area contributed by atoms with Gasteiger partial charge in [0.1, 0.15) is 0 Å². The molecule has 0 unspecified atom stereocenters. The van der Waals surface area contributed by atoms with Crippen molar-refractivity contribution in [3.05, 3.63) is 29.8 Å². The van der Waals surface area contributed by atoms with Crippen LogP contribution in [0.25, 0.3) is 0 Å². The highest BCUT2D eigenvalue weighted by molar-refractivity contribution is 5.88. The Hall–Kier alpha value is -2.04. The molecule has 5 rings (SSSR count). The van der Waals surface area contributed by atoms with Crippen LogP contribution in [0.1, 0.15) is 56.3 Å². The molecule has 1 aromatic rings. The van der Waals surface area contributed by atoms with Crippen LogP contribution in [0.4, 0.5) is 5.69 Å². The van der Waals surface area contributed by atoms with Crippen LogP contribution in [-0.4, -0.2) is 36.6 Å². The highest BCUT2D eigenvalue weighted by Crippen LogP contribution is 2.61. The van der Waals surface area contributed by atoms with E-state index in [9.17, 15) is 14.7 Å². The van der Waals surface area contributed by atoms with Crippen LogP contribution in [0.3, 0.4) is 0 Å². The first-order chi connectivity index (χ1) is 13.4. The zero-order valence-electron chi connectivity index (χ0n) is 17.0. The predicted octanol–water partition coefficient (Wildman–Crippen LogP) is 3.79. The summed E-state index contributed by atoms with van der Waals surface area (Å²) in [6.07, 6.45) is 5.58. The first kappa shape index (κ1) is 19.3. The number of hydrogen-bond acceptors (Lipinski definition) is 3. The van der Waals surface area contributed by atoms with E-state index in [-0.39, 0.29) is 11.8 Å². The molecule has 0 spiro atoms. The number of hydrogen-bond donors (Lipinski definition) is 2. The lowest BCUT2D eigenvalue weighted by Crippen LogP contribution is -2.55. The molecule has 1 saturated heterocycles.